The summed E-state index contributed by atoms with van der Waals surface area (Å²) in [6.45, 7) is 0. The number of Topliss-reactive ketones (excluding diaryl/α,β-unsaturated/α-hetero) is 1. The molecule has 22 heavy (non-hydrogen) atoms. The Labute approximate surface area is 126 Å². The number of nitrogens with zero attached hydrogens (tertiary/aromatic N) is 1. The average molecular weight is 303 g/mol. The number of anilines is 1. The van der Waals surface area contributed by atoms with Gasteiger partial charge in [0.15, 0.2) is 0 Å². The Morgan fingerprint density at radius 2 is 1.91 bits per heavy atom. The van der Waals surface area contributed by atoms with E-state index in [9.17, 15) is 23.9 Å². The molecule has 2 unspecified atom stereocenters. The molecule has 1 amide bonds. The van der Waals surface area contributed by atoms with Crippen molar-refractivity contribution in [2.45, 2.75) is 25.3 Å². The maximum atomic E-state index is 13.1. The Morgan fingerprint density at radius 1 is 1.23 bits per heavy atom. The van der Waals surface area contributed by atoms with E-state index in [4.69, 9.17) is 0 Å². The van der Waals surface area contributed by atoms with E-state index in [1.807, 2.05) is 0 Å². The molecule has 1 saturated carbocycles. The highest BCUT2D eigenvalue weighted by Gasteiger charge is 2.43. The number of fused-ring (bicyclic) bond motifs is 1. The molecule has 1 fully saturated rings. The minimum absolute atomic E-state index is 0.0605. The molecule has 0 saturated heterocycles. The summed E-state index contributed by atoms with van der Waals surface area (Å²) in [6, 6.07) is 4.87. The quantitative estimate of drug-likeness (QED) is 0.847. The van der Waals surface area contributed by atoms with Gasteiger partial charge in [-0.05, 0) is 37.1 Å². The first-order valence-electron chi connectivity index (χ1n) is 7.06. The van der Waals surface area contributed by atoms with E-state index in [0.29, 0.717) is 24.9 Å². The van der Waals surface area contributed by atoms with Crippen LogP contribution >= 0.6 is 0 Å². The normalized spacial score (nSPS) is 24.8. The molecule has 0 radical (unpaired) electrons. The highest BCUT2D eigenvalue weighted by atomic mass is 19.1. The Kier molecular flexibility index (Phi) is 3.52. The van der Waals surface area contributed by atoms with Gasteiger partial charge in [0.2, 0.25) is 0 Å². The summed E-state index contributed by atoms with van der Waals surface area (Å²) in [5.74, 6) is -3.13. The van der Waals surface area contributed by atoms with Gasteiger partial charge < -0.3 is 10.0 Å². The number of carbonyl (C=O) groups is 3. The standard InChI is InChI=1S/C16H14FNO4/c17-9-4-6-10(7-5-9)18-13-2-1-3-14(19)11(13)8-12(15(18)20)16(21)22/h4-8,11,13H,1-3H2,(H,21,22). The fourth-order valence-corrected chi connectivity index (χ4v) is 3.14. The van der Waals surface area contributed by atoms with Gasteiger partial charge in [0.25, 0.3) is 5.91 Å². The lowest BCUT2D eigenvalue weighted by atomic mass is 9.78. The maximum Gasteiger partial charge on any atom is 0.341 e. The van der Waals surface area contributed by atoms with E-state index >= 15 is 0 Å². The van der Waals surface area contributed by atoms with Gasteiger partial charge in [0.1, 0.15) is 17.2 Å². The number of hydrogen-bond acceptors (Lipinski definition) is 3. The predicted octanol–water partition coefficient (Wildman–Crippen LogP) is 1.92. The number of benzene rings is 1. The van der Waals surface area contributed by atoms with Crippen LogP contribution in [0.25, 0.3) is 0 Å². The minimum Gasteiger partial charge on any atom is -0.478 e. The molecule has 5 nitrogen and oxygen atoms in total. The number of rotatable bonds is 2. The van der Waals surface area contributed by atoms with Gasteiger partial charge in [-0.1, -0.05) is 6.08 Å². The number of carboxylic acid groups (broad SMARTS) is 1. The number of carboxylic acids is 1. The predicted molar refractivity (Wildman–Crippen MR) is 75.7 cm³/mol. The van der Waals surface area contributed by atoms with E-state index in [2.05, 4.69) is 0 Å². The first-order valence-corrected chi connectivity index (χ1v) is 7.06. The lowest BCUT2D eigenvalue weighted by molar-refractivity contribution is -0.135. The van der Waals surface area contributed by atoms with Gasteiger partial charge in [-0.15, -0.1) is 0 Å². The molecule has 1 N–H and O–H groups in total. The number of halogens is 1. The van der Waals surface area contributed by atoms with Gasteiger partial charge in [0, 0.05) is 12.1 Å². The molecule has 0 spiro atoms. The van der Waals surface area contributed by atoms with Crippen molar-refractivity contribution in [2.24, 2.45) is 5.92 Å². The van der Waals surface area contributed by atoms with Crippen LogP contribution in [0.4, 0.5) is 10.1 Å². The smallest absolute Gasteiger partial charge is 0.341 e. The zero-order chi connectivity index (χ0) is 15.9. The number of aliphatic carboxylic acids is 1. The van der Waals surface area contributed by atoms with Gasteiger partial charge >= 0.3 is 5.97 Å². The van der Waals surface area contributed by atoms with Crippen LogP contribution in [0.2, 0.25) is 0 Å². The first kappa shape index (κ1) is 14.4. The van der Waals surface area contributed by atoms with Crippen molar-refractivity contribution < 1.29 is 23.9 Å². The van der Waals surface area contributed by atoms with Gasteiger partial charge in [-0.3, -0.25) is 9.59 Å². The lowest BCUT2D eigenvalue weighted by Crippen LogP contribution is -2.53. The third-order valence-electron chi connectivity index (χ3n) is 4.17. The highest BCUT2D eigenvalue weighted by molar-refractivity contribution is 6.23. The molecule has 2 atom stereocenters. The van der Waals surface area contributed by atoms with Crippen molar-refractivity contribution in [1.29, 1.82) is 0 Å². The molecular weight excluding hydrogens is 289 g/mol. The van der Waals surface area contributed by atoms with E-state index < -0.39 is 35.2 Å². The zero-order valence-electron chi connectivity index (χ0n) is 11.7. The number of amides is 1. The van der Waals surface area contributed by atoms with Crippen molar-refractivity contribution in [3.8, 4) is 0 Å². The second-order valence-corrected chi connectivity index (χ2v) is 5.49. The van der Waals surface area contributed by atoms with E-state index in [0.717, 1.165) is 0 Å². The van der Waals surface area contributed by atoms with E-state index in [1.54, 1.807) is 0 Å². The van der Waals surface area contributed by atoms with Crippen LogP contribution in [0.15, 0.2) is 35.9 Å². The Balaban J connectivity index is 2.09. The van der Waals surface area contributed by atoms with Crippen LogP contribution in [-0.2, 0) is 14.4 Å². The van der Waals surface area contributed by atoms with Crippen LogP contribution in [-0.4, -0.2) is 28.8 Å². The average Bonchev–Trinajstić information content (AvgIpc) is 2.48. The zero-order valence-corrected chi connectivity index (χ0v) is 11.7. The van der Waals surface area contributed by atoms with E-state index in [-0.39, 0.29) is 5.78 Å². The van der Waals surface area contributed by atoms with Crippen molar-refractivity contribution in [1.82, 2.24) is 0 Å². The fraction of sp³-hybridized carbons (Fsp3) is 0.312. The van der Waals surface area contributed by atoms with Crippen molar-refractivity contribution in [3.63, 3.8) is 0 Å². The van der Waals surface area contributed by atoms with Crippen LogP contribution in [0.5, 0.6) is 0 Å². The first-order chi connectivity index (χ1) is 10.5. The summed E-state index contributed by atoms with van der Waals surface area (Å²) < 4.78 is 13.1. The van der Waals surface area contributed by atoms with Crippen molar-refractivity contribution >= 4 is 23.3 Å². The third kappa shape index (κ3) is 2.30. The number of ketones is 1. The Hall–Kier alpha value is -2.50. The molecule has 1 aliphatic heterocycles. The van der Waals surface area contributed by atoms with Crippen molar-refractivity contribution in [3.05, 3.63) is 41.7 Å². The molecule has 0 bridgehead atoms. The molecule has 0 aromatic heterocycles. The largest absolute Gasteiger partial charge is 0.478 e. The van der Waals surface area contributed by atoms with Crippen molar-refractivity contribution in [2.75, 3.05) is 4.90 Å². The summed E-state index contributed by atoms with van der Waals surface area (Å²) in [5.41, 5.74) is 0.00350. The SMILES string of the molecule is O=C(O)C1=CC2C(=O)CCCC2N(c2ccc(F)cc2)C1=O. The van der Waals surface area contributed by atoms with Crippen LogP contribution in [0, 0.1) is 11.7 Å². The molecule has 114 valence electrons. The van der Waals surface area contributed by atoms with Gasteiger partial charge in [-0.25, -0.2) is 9.18 Å². The monoisotopic (exact) mass is 303 g/mol. The van der Waals surface area contributed by atoms with Crippen LogP contribution in [0.1, 0.15) is 19.3 Å². The number of carbonyl (C=O) groups excluding carboxylic acids is 2. The van der Waals surface area contributed by atoms with Crippen LogP contribution in [0.3, 0.4) is 0 Å². The Morgan fingerprint density at radius 3 is 2.55 bits per heavy atom. The fourth-order valence-electron chi connectivity index (χ4n) is 3.14. The Bertz CT molecular complexity index is 680. The molecule has 1 heterocycles. The molecule has 2 aliphatic rings. The second-order valence-electron chi connectivity index (χ2n) is 5.49. The van der Waals surface area contributed by atoms with Gasteiger partial charge in [0.05, 0.1) is 12.0 Å². The maximum absolute atomic E-state index is 13.1. The third-order valence-corrected chi connectivity index (χ3v) is 4.17. The second kappa shape index (κ2) is 5.36. The summed E-state index contributed by atoms with van der Waals surface area (Å²) in [7, 11) is 0. The van der Waals surface area contributed by atoms with E-state index in [1.165, 1.54) is 35.2 Å². The summed E-state index contributed by atoms with van der Waals surface area (Å²) >= 11 is 0. The molecule has 1 aromatic carbocycles. The summed E-state index contributed by atoms with van der Waals surface area (Å²) in [5, 5.41) is 9.21. The molecule has 3 rings (SSSR count). The minimum atomic E-state index is -1.35. The molecular formula is C16H14FNO4. The lowest BCUT2D eigenvalue weighted by Gasteiger charge is -2.41. The highest BCUT2D eigenvalue weighted by Crippen LogP contribution is 2.35. The molecule has 1 aliphatic carbocycles. The molecule has 6 heteroatoms. The number of hydrogen-bond donors (Lipinski definition) is 1. The summed E-state index contributed by atoms with van der Waals surface area (Å²) in [6.07, 6.45) is 2.93. The van der Waals surface area contributed by atoms with Crippen LogP contribution < -0.4 is 4.90 Å². The molecule has 1 aromatic rings. The van der Waals surface area contributed by atoms with Gasteiger partial charge in [-0.2, -0.15) is 0 Å². The summed E-state index contributed by atoms with van der Waals surface area (Å²) in [4.78, 5) is 37.2. The topological polar surface area (TPSA) is 74.7 Å².